The number of nitrogens with two attached hydrogens (primary N) is 2. The summed E-state index contributed by atoms with van der Waals surface area (Å²) in [6, 6.07) is 9.10. The first-order chi connectivity index (χ1) is 9.13. The van der Waals surface area contributed by atoms with Gasteiger partial charge in [-0.25, -0.2) is 4.98 Å². The lowest BCUT2D eigenvalue weighted by Gasteiger charge is -2.25. The van der Waals surface area contributed by atoms with Crippen molar-refractivity contribution in [3.8, 4) is 0 Å². The zero-order valence-electron chi connectivity index (χ0n) is 10.2. The predicted molar refractivity (Wildman–Crippen MR) is 74.3 cm³/mol. The van der Waals surface area contributed by atoms with E-state index in [-0.39, 0.29) is 0 Å². The number of nitrogens with zero attached hydrogens (tertiary/aromatic N) is 2. The van der Waals surface area contributed by atoms with Crippen LogP contribution in [0.2, 0.25) is 0 Å². The third kappa shape index (κ3) is 3.10. The Bertz CT molecular complexity index is 549. The number of carbonyl (C=O) groups is 1. The Labute approximate surface area is 115 Å². The number of carbonyl (C=O) groups excluding carboxylic acids is 1. The first kappa shape index (κ1) is 13.5. The van der Waals surface area contributed by atoms with Crippen LogP contribution in [0.3, 0.4) is 0 Å². The molecular weight excluding hydrogens is 260 g/mol. The van der Waals surface area contributed by atoms with Crippen LogP contribution in [0.5, 0.6) is 0 Å². The quantitative estimate of drug-likeness (QED) is 0.790. The van der Waals surface area contributed by atoms with E-state index in [9.17, 15) is 4.79 Å². The van der Waals surface area contributed by atoms with E-state index in [1.165, 1.54) is 11.8 Å². The lowest BCUT2D eigenvalue weighted by Crippen LogP contribution is -2.51. The van der Waals surface area contributed by atoms with Gasteiger partial charge >= 0.3 is 0 Å². The Balaban J connectivity index is 2.19. The highest BCUT2D eigenvalue weighted by molar-refractivity contribution is 7.99. The van der Waals surface area contributed by atoms with Gasteiger partial charge in [0.1, 0.15) is 10.6 Å². The number of primary amides is 1. The van der Waals surface area contributed by atoms with Gasteiger partial charge in [0.15, 0.2) is 0 Å². The van der Waals surface area contributed by atoms with Crippen molar-refractivity contribution in [2.45, 2.75) is 10.6 Å². The van der Waals surface area contributed by atoms with E-state index < -0.39 is 11.4 Å². The zero-order chi connectivity index (χ0) is 13.7. The fourth-order valence-electron chi connectivity index (χ4n) is 1.58. The minimum Gasteiger partial charge on any atom is -0.368 e. The highest BCUT2D eigenvalue weighted by Gasteiger charge is 2.34. The van der Waals surface area contributed by atoms with Crippen LogP contribution in [0.4, 0.5) is 0 Å². The number of benzene rings is 1. The van der Waals surface area contributed by atoms with Gasteiger partial charge < -0.3 is 11.5 Å². The Morgan fingerprint density at radius 2 is 2.00 bits per heavy atom. The van der Waals surface area contributed by atoms with Crippen LogP contribution >= 0.6 is 11.8 Å². The van der Waals surface area contributed by atoms with E-state index in [1.54, 1.807) is 30.7 Å². The molecule has 1 unspecified atom stereocenters. The first-order valence-corrected chi connectivity index (χ1v) is 6.64. The molecule has 0 radical (unpaired) electrons. The molecule has 0 spiro atoms. The summed E-state index contributed by atoms with van der Waals surface area (Å²) in [5.41, 5.74) is 11.1. The summed E-state index contributed by atoms with van der Waals surface area (Å²) < 4.78 is 0. The number of rotatable bonds is 5. The monoisotopic (exact) mass is 274 g/mol. The molecule has 0 aliphatic heterocycles. The lowest BCUT2D eigenvalue weighted by molar-refractivity contribution is -0.122. The van der Waals surface area contributed by atoms with Crippen LogP contribution in [0.25, 0.3) is 0 Å². The summed E-state index contributed by atoms with van der Waals surface area (Å²) in [4.78, 5) is 19.8. The van der Waals surface area contributed by atoms with Crippen molar-refractivity contribution in [2.75, 3.05) is 5.75 Å². The highest BCUT2D eigenvalue weighted by Crippen LogP contribution is 2.26. The lowest BCUT2D eigenvalue weighted by atomic mass is 9.92. The molecule has 0 aliphatic rings. The molecular formula is C13H14N4OS. The summed E-state index contributed by atoms with van der Waals surface area (Å²) in [7, 11) is 0. The molecule has 0 fully saturated rings. The second-order valence-electron chi connectivity index (χ2n) is 4.03. The molecule has 1 atom stereocenters. The van der Waals surface area contributed by atoms with Gasteiger partial charge in [-0.3, -0.25) is 9.78 Å². The molecule has 0 saturated carbocycles. The van der Waals surface area contributed by atoms with Crippen molar-refractivity contribution >= 4 is 17.7 Å². The van der Waals surface area contributed by atoms with Crippen LogP contribution < -0.4 is 11.5 Å². The van der Waals surface area contributed by atoms with Crippen molar-refractivity contribution in [3.05, 3.63) is 54.5 Å². The molecule has 98 valence electrons. The number of hydrogen-bond acceptors (Lipinski definition) is 5. The van der Waals surface area contributed by atoms with Crippen LogP contribution in [0.1, 0.15) is 5.56 Å². The van der Waals surface area contributed by atoms with Crippen molar-refractivity contribution in [1.29, 1.82) is 0 Å². The van der Waals surface area contributed by atoms with E-state index in [1.807, 2.05) is 18.2 Å². The fraction of sp³-hybridized carbons (Fsp3) is 0.154. The molecule has 1 amide bonds. The number of aromatic nitrogens is 2. The predicted octanol–water partition coefficient (Wildman–Crippen LogP) is 0.908. The van der Waals surface area contributed by atoms with Gasteiger partial charge in [-0.2, -0.15) is 0 Å². The molecule has 4 N–H and O–H groups in total. The first-order valence-electron chi connectivity index (χ1n) is 5.66. The molecule has 5 nitrogen and oxygen atoms in total. The Morgan fingerprint density at radius 1 is 1.26 bits per heavy atom. The maximum absolute atomic E-state index is 11.7. The minimum absolute atomic E-state index is 0.311. The molecule has 1 aromatic carbocycles. The van der Waals surface area contributed by atoms with Crippen LogP contribution in [0.15, 0.2) is 53.9 Å². The molecule has 1 heterocycles. The summed E-state index contributed by atoms with van der Waals surface area (Å²) in [5.74, 6) is -0.250. The minimum atomic E-state index is -1.22. The summed E-state index contributed by atoms with van der Waals surface area (Å²) >= 11 is 1.35. The Kier molecular flexibility index (Phi) is 4.13. The third-order valence-electron chi connectivity index (χ3n) is 2.72. The number of hydrogen-bond donors (Lipinski definition) is 2. The molecule has 2 aromatic rings. The van der Waals surface area contributed by atoms with E-state index in [0.29, 0.717) is 16.3 Å². The summed E-state index contributed by atoms with van der Waals surface area (Å²) in [6.45, 7) is 0. The second-order valence-corrected chi connectivity index (χ2v) is 5.03. The SMILES string of the molecule is NC(=O)C(N)(CSc1cnccn1)c1ccccc1. The molecule has 2 rings (SSSR count). The Morgan fingerprint density at radius 3 is 2.58 bits per heavy atom. The fourth-order valence-corrected chi connectivity index (χ4v) is 2.54. The van der Waals surface area contributed by atoms with Gasteiger partial charge in [0.25, 0.3) is 0 Å². The number of thioether (sulfide) groups is 1. The topological polar surface area (TPSA) is 94.9 Å². The molecule has 1 aromatic heterocycles. The second kappa shape index (κ2) is 5.81. The van der Waals surface area contributed by atoms with Gasteiger partial charge in [-0.15, -0.1) is 11.8 Å². The maximum Gasteiger partial charge on any atom is 0.243 e. The molecule has 0 saturated heterocycles. The summed E-state index contributed by atoms with van der Waals surface area (Å²) in [6.07, 6.45) is 4.80. The van der Waals surface area contributed by atoms with E-state index >= 15 is 0 Å². The highest BCUT2D eigenvalue weighted by atomic mass is 32.2. The van der Waals surface area contributed by atoms with Gasteiger partial charge in [-0.05, 0) is 5.56 Å². The van der Waals surface area contributed by atoms with Crippen molar-refractivity contribution in [1.82, 2.24) is 9.97 Å². The van der Waals surface area contributed by atoms with Gasteiger partial charge in [0, 0.05) is 18.1 Å². The molecule has 19 heavy (non-hydrogen) atoms. The van der Waals surface area contributed by atoms with Crippen molar-refractivity contribution < 1.29 is 4.79 Å². The van der Waals surface area contributed by atoms with Crippen LogP contribution in [-0.2, 0) is 10.3 Å². The van der Waals surface area contributed by atoms with Crippen LogP contribution in [-0.4, -0.2) is 21.6 Å². The Hall–Kier alpha value is -1.92. The zero-order valence-corrected chi connectivity index (χ0v) is 11.0. The standard InChI is InChI=1S/C13H14N4OS/c14-12(18)13(15,10-4-2-1-3-5-10)9-19-11-8-16-6-7-17-11/h1-8H,9,15H2,(H2,14,18). The van der Waals surface area contributed by atoms with Gasteiger partial charge in [0.05, 0.1) is 6.20 Å². The maximum atomic E-state index is 11.7. The molecule has 0 aliphatic carbocycles. The van der Waals surface area contributed by atoms with E-state index in [4.69, 9.17) is 11.5 Å². The van der Waals surface area contributed by atoms with E-state index in [0.717, 1.165) is 0 Å². The molecule has 6 heteroatoms. The smallest absolute Gasteiger partial charge is 0.243 e. The van der Waals surface area contributed by atoms with Crippen molar-refractivity contribution in [3.63, 3.8) is 0 Å². The molecule has 0 bridgehead atoms. The average molecular weight is 274 g/mol. The third-order valence-corrected chi connectivity index (χ3v) is 3.82. The van der Waals surface area contributed by atoms with Crippen LogP contribution in [0, 0.1) is 0 Å². The number of amides is 1. The largest absolute Gasteiger partial charge is 0.368 e. The van der Waals surface area contributed by atoms with Gasteiger partial charge in [-0.1, -0.05) is 30.3 Å². The normalized spacial score (nSPS) is 13.7. The van der Waals surface area contributed by atoms with Gasteiger partial charge in [0.2, 0.25) is 5.91 Å². The average Bonchev–Trinajstić information content (AvgIpc) is 2.46. The van der Waals surface area contributed by atoms with Crippen molar-refractivity contribution in [2.24, 2.45) is 11.5 Å². The summed E-state index contributed by atoms with van der Waals surface area (Å²) in [5, 5.41) is 0.703. The van der Waals surface area contributed by atoms with E-state index in [2.05, 4.69) is 9.97 Å².